The van der Waals surface area contributed by atoms with Crippen molar-refractivity contribution in [2.45, 2.75) is 19.5 Å². The highest BCUT2D eigenvalue weighted by molar-refractivity contribution is 6.31. The van der Waals surface area contributed by atoms with Crippen LogP contribution >= 0.6 is 11.6 Å². The van der Waals surface area contributed by atoms with Crippen LogP contribution in [0.2, 0.25) is 5.02 Å². The topological polar surface area (TPSA) is 25.2 Å². The number of aromatic nitrogens is 1. The van der Waals surface area contributed by atoms with Crippen LogP contribution in [0, 0.1) is 12.7 Å². The molecule has 4 rings (SSSR count). The molecule has 0 aliphatic carbocycles. The van der Waals surface area contributed by atoms with Crippen molar-refractivity contribution in [1.82, 2.24) is 9.47 Å². The molecule has 0 fully saturated rings. The van der Waals surface area contributed by atoms with Gasteiger partial charge in [0.05, 0.1) is 6.04 Å². The van der Waals surface area contributed by atoms with Crippen LogP contribution in [0.1, 0.15) is 33.2 Å². The lowest BCUT2D eigenvalue weighted by Gasteiger charge is -2.37. The minimum atomic E-state index is -0.309. The highest BCUT2D eigenvalue weighted by atomic mass is 35.5. The molecule has 0 bridgehead atoms. The molecule has 2 heterocycles. The van der Waals surface area contributed by atoms with Crippen molar-refractivity contribution in [3.8, 4) is 0 Å². The Bertz CT molecular complexity index is 982. The van der Waals surface area contributed by atoms with Crippen LogP contribution in [0.15, 0.2) is 60.8 Å². The molecule has 1 atom stereocenters. The molecule has 5 heteroatoms. The van der Waals surface area contributed by atoms with E-state index in [1.807, 2.05) is 47.5 Å². The molecule has 0 spiro atoms. The van der Waals surface area contributed by atoms with Crippen molar-refractivity contribution in [2.24, 2.45) is 0 Å². The van der Waals surface area contributed by atoms with Gasteiger partial charge in [-0.25, -0.2) is 4.39 Å². The van der Waals surface area contributed by atoms with E-state index in [0.717, 1.165) is 17.8 Å². The zero-order valence-electron chi connectivity index (χ0n) is 14.3. The first kappa shape index (κ1) is 16.9. The molecule has 1 amide bonds. The van der Waals surface area contributed by atoms with Crippen molar-refractivity contribution >= 4 is 17.5 Å². The van der Waals surface area contributed by atoms with E-state index in [1.54, 1.807) is 19.1 Å². The predicted octanol–water partition coefficient (Wildman–Crippen LogP) is 4.83. The molecule has 2 aromatic carbocycles. The zero-order chi connectivity index (χ0) is 18.3. The normalized spacial score (nSPS) is 16.4. The molecule has 132 valence electrons. The third-order valence-corrected chi connectivity index (χ3v) is 5.25. The van der Waals surface area contributed by atoms with Gasteiger partial charge >= 0.3 is 0 Å². The fraction of sp³-hybridized carbons (Fsp3) is 0.190. The molecule has 3 nitrogen and oxygen atoms in total. The van der Waals surface area contributed by atoms with Crippen LogP contribution in [0.25, 0.3) is 0 Å². The van der Waals surface area contributed by atoms with Crippen LogP contribution in [0.3, 0.4) is 0 Å². The van der Waals surface area contributed by atoms with Gasteiger partial charge in [0.25, 0.3) is 5.91 Å². The number of amides is 1. The van der Waals surface area contributed by atoms with Crippen LogP contribution < -0.4 is 0 Å². The van der Waals surface area contributed by atoms with Gasteiger partial charge in [-0.3, -0.25) is 4.79 Å². The Hall–Kier alpha value is -2.59. The van der Waals surface area contributed by atoms with E-state index in [4.69, 9.17) is 11.6 Å². The van der Waals surface area contributed by atoms with Gasteiger partial charge in [0.15, 0.2) is 0 Å². The third kappa shape index (κ3) is 2.80. The minimum Gasteiger partial charge on any atom is -0.348 e. The number of halogens is 2. The van der Waals surface area contributed by atoms with Gasteiger partial charge < -0.3 is 9.47 Å². The van der Waals surface area contributed by atoms with Gasteiger partial charge in [0.2, 0.25) is 0 Å². The SMILES string of the molecule is Cc1cc(C(=O)N2CCn3cccc3[C@H]2c2ccccc2Cl)ccc1F. The quantitative estimate of drug-likeness (QED) is 0.635. The predicted molar refractivity (Wildman–Crippen MR) is 99.9 cm³/mol. The molecule has 0 N–H and O–H groups in total. The Morgan fingerprint density at radius 1 is 1.12 bits per heavy atom. The maximum atomic E-state index is 13.6. The monoisotopic (exact) mass is 368 g/mol. The maximum Gasteiger partial charge on any atom is 0.254 e. The number of carbonyl (C=O) groups excluding carboxylic acids is 1. The molecule has 0 radical (unpaired) electrons. The summed E-state index contributed by atoms with van der Waals surface area (Å²) in [7, 11) is 0. The summed E-state index contributed by atoms with van der Waals surface area (Å²) in [5.41, 5.74) is 2.86. The number of hydrogen-bond acceptors (Lipinski definition) is 1. The van der Waals surface area contributed by atoms with Gasteiger partial charge in [-0.15, -0.1) is 0 Å². The molecule has 1 aromatic heterocycles. The van der Waals surface area contributed by atoms with Crippen molar-refractivity contribution in [3.05, 3.63) is 94.0 Å². The number of aryl methyl sites for hydroxylation is 1. The molecular weight excluding hydrogens is 351 g/mol. The fourth-order valence-electron chi connectivity index (χ4n) is 3.57. The minimum absolute atomic E-state index is 0.120. The Morgan fingerprint density at radius 2 is 1.92 bits per heavy atom. The van der Waals surface area contributed by atoms with E-state index >= 15 is 0 Å². The molecule has 0 saturated heterocycles. The standard InChI is InChI=1S/C21H18ClFN2O/c1-14-13-15(8-9-18(14)23)21(26)25-12-11-24-10-4-7-19(24)20(25)16-5-2-3-6-17(16)22/h2-10,13,20H,11-12H2,1H3/t20-/m1/s1. The number of nitrogens with zero attached hydrogens (tertiary/aromatic N) is 2. The van der Waals surface area contributed by atoms with Gasteiger partial charge in [-0.05, 0) is 54.4 Å². The van der Waals surface area contributed by atoms with E-state index in [0.29, 0.717) is 22.7 Å². The van der Waals surface area contributed by atoms with Crippen LogP contribution in [0.4, 0.5) is 4.39 Å². The lowest BCUT2D eigenvalue weighted by molar-refractivity contribution is 0.0664. The molecular formula is C21H18ClFN2O. The number of carbonyl (C=O) groups is 1. The highest BCUT2D eigenvalue weighted by Gasteiger charge is 2.33. The molecule has 0 saturated carbocycles. The summed E-state index contributed by atoms with van der Waals surface area (Å²) in [6.45, 7) is 2.95. The lowest BCUT2D eigenvalue weighted by atomic mass is 9.98. The Balaban J connectivity index is 1.80. The van der Waals surface area contributed by atoms with E-state index in [-0.39, 0.29) is 17.8 Å². The van der Waals surface area contributed by atoms with Crippen LogP contribution in [0.5, 0.6) is 0 Å². The smallest absolute Gasteiger partial charge is 0.254 e. The molecule has 26 heavy (non-hydrogen) atoms. The van der Waals surface area contributed by atoms with E-state index < -0.39 is 0 Å². The number of hydrogen-bond donors (Lipinski definition) is 0. The van der Waals surface area contributed by atoms with Crippen molar-refractivity contribution in [1.29, 1.82) is 0 Å². The first-order chi connectivity index (χ1) is 12.6. The molecule has 0 unspecified atom stereocenters. The second kappa shape index (κ2) is 6.61. The summed E-state index contributed by atoms with van der Waals surface area (Å²) in [5.74, 6) is -0.429. The fourth-order valence-corrected chi connectivity index (χ4v) is 3.81. The summed E-state index contributed by atoms with van der Waals surface area (Å²) in [5, 5.41) is 0.625. The summed E-state index contributed by atoms with van der Waals surface area (Å²) < 4.78 is 15.8. The first-order valence-electron chi connectivity index (χ1n) is 8.53. The highest BCUT2D eigenvalue weighted by Crippen LogP contribution is 2.36. The van der Waals surface area contributed by atoms with Crippen molar-refractivity contribution in [2.75, 3.05) is 6.54 Å². The molecule has 1 aliphatic rings. The van der Waals surface area contributed by atoms with E-state index in [1.165, 1.54) is 6.07 Å². The zero-order valence-corrected chi connectivity index (χ0v) is 15.1. The Morgan fingerprint density at radius 3 is 2.69 bits per heavy atom. The number of fused-ring (bicyclic) bond motifs is 1. The molecule has 3 aromatic rings. The van der Waals surface area contributed by atoms with Gasteiger partial charge in [0.1, 0.15) is 5.82 Å². The summed E-state index contributed by atoms with van der Waals surface area (Å²) in [6.07, 6.45) is 2.02. The second-order valence-electron chi connectivity index (χ2n) is 6.51. The van der Waals surface area contributed by atoms with E-state index in [2.05, 4.69) is 4.57 Å². The summed E-state index contributed by atoms with van der Waals surface area (Å²) >= 11 is 6.46. The van der Waals surface area contributed by atoms with Crippen molar-refractivity contribution < 1.29 is 9.18 Å². The van der Waals surface area contributed by atoms with Gasteiger partial charge in [-0.1, -0.05) is 29.8 Å². The third-order valence-electron chi connectivity index (χ3n) is 4.90. The lowest BCUT2D eigenvalue weighted by Crippen LogP contribution is -2.42. The average molecular weight is 369 g/mol. The Kier molecular flexibility index (Phi) is 4.29. The van der Waals surface area contributed by atoms with Gasteiger partial charge in [0, 0.05) is 35.6 Å². The van der Waals surface area contributed by atoms with Crippen LogP contribution in [-0.4, -0.2) is 21.9 Å². The summed E-state index contributed by atoms with van der Waals surface area (Å²) in [4.78, 5) is 15.1. The molecule has 1 aliphatic heterocycles. The second-order valence-corrected chi connectivity index (χ2v) is 6.92. The number of rotatable bonds is 2. The first-order valence-corrected chi connectivity index (χ1v) is 8.90. The summed E-state index contributed by atoms with van der Waals surface area (Å²) in [6, 6.07) is 15.8. The number of benzene rings is 2. The van der Waals surface area contributed by atoms with Gasteiger partial charge in [-0.2, -0.15) is 0 Å². The Labute approximate surface area is 156 Å². The largest absolute Gasteiger partial charge is 0.348 e. The van der Waals surface area contributed by atoms with E-state index in [9.17, 15) is 9.18 Å². The maximum absolute atomic E-state index is 13.6. The van der Waals surface area contributed by atoms with Crippen molar-refractivity contribution in [3.63, 3.8) is 0 Å². The van der Waals surface area contributed by atoms with Crippen LogP contribution in [-0.2, 0) is 6.54 Å². The average Bonchev–Trinajstić information content (AvgIpc) is 3.12.